The van der Waals surface area contributed by atoms with Crippen molar-refractivity contribution in [3.63, 3.8) is 0 Å². The fourth-order valence-electron chi connectivity index (χ4n) is 3.93. The highest BCUT2D eigenvalue weighted by atomic mass is 32.1. The van der Waals surface area contributed by atoms with Crippen molar-refractivity contribution < 1.29 is 14.7 Å². The molecule has 1 unspecified atom stereocenters. The Balaban J connectivity index is 1.70. The van der Waals surface area contributed by atoms with Crippen molar-refractivity contribution in [2.45, 2.75) is 58.5 Å². The fraction of sp³-hybridized carbons (Fsp3) is 0.478. The maximum Gasteiger partial charge on any atom is 0.276 e. The van der Waals surface area contributed by atoms with Crippen LogP contribution in [0.5, 0.6) is 0 Å². The zero-order valence-corrected chi connectivity index (χ0v) is 19.7. The molecule has 0 saturated carbocycles. The van der Waals surface area contributed by atoms with Crippen molar-refractivity contribution in [2.75, 3.05) is 18.5 Å². The van der Waals surface area contributed by atoms with Crippen LogP contribution in [0.25, 0.3) is 10.3 Å². The molecule has 0 aliphatic carbocycles. The fourth-order valence-corrected chi connectivity index (χ4v) is 4.85. The molecule has 1 atom stereocenters. The number of nitrogens with zero attached hydrogens (tertiary/aromatic N) is 4. The Hall–Kier alpha value is -2.78. The number of aryl methyl sites for hydroxylation is 1. The third kappa shape index (κ3) is 4.27. The van der Waals surface area contributed by atoms with E-state index in [1.54, 1.807) is 21.7 Å². The summed E-state index contributed by atoms with van der Waals surface area (Å²) in [4.78, 5) is 32.5. The van der Waals surface area contributed by atoms with Crippen LogP contribution in [0, 0.1) is 6.92 Å². The van der Waals surface area contributed by atoms with Crippen LogP contribution in [0.1, 0.15) is 66.4 Å². The lowest BCUT2D eigenvalue weighted by atomic mass is 10.0. The number of aliphatic hydroxyl groups excluding tert-OH is 1. The Morgan fingerprint density at radius 1 is 1.22 bits per heavy atom. The second-order valence-corrected chi connectivity index (χ2v) is 10.3. The molecule has 1 aliphatic heterocycles. The summed E-state index contributed by atoms with van der Waals surface area (Å²) in [5, 5.41) is 17.7. The molecule has 0 spiro atoms. The number of likely N-dealkylation sites (tertiary alicyclic amines) is 1. The molecule has 1 fully saturated rings. The smallest absolute Gasteiger partial charge is 0.276 e. The number of carbonyl (C=O) groups is 2. The molecule has 2 amide bonds. The van der Waals surface area contributed by atoms with Crippen molar-refractivity contribution in [3.05, 3.63) is 41.1 Å². The third-order valence-corrected chi connectivity index (χ3v) is 6.66. The number of amides is 2. The van der Waals surface area contributed by atoms with E-state index in [0.717, 1.165) is 24.8 Å². The number of aromatic nitrogens is 3. The Bertz CT molecular complexity index is 1140. The summed E-state index contributed by atoms with van der Waals surface area (Å²) in [7, 11) is 0. The highest BCUT2D eigenvalue weighted by molar-refractivity contribution is 7.22. The molecule has 1 saturated heterocycles. The Kier molecular flexibility index (Phi) is 6.05. The number of nitrogens with one attached hydrogen (secondary N) is 1. The van der Waals surface area contributed by atoms with Gasteiger partial charge in [0.1, 0.15) is 4.70 Å². The third-order valence-electron chi connectivity index (χ3n) is 5.70. The molecule has 0 radical (unpaired) electrons. The maximum atomic E-state index is 13.4. The summed E-state index contributed by atoms with van der Waals surface area (Å²) >= 11 is 1.25. The van der Waals surface area contributed by atoms with Gasteiger partial charge in [-0.15, -0.1) is 0 Å². The van der Waals surface area contributed by atoms with Gasteiger partial charge in [-0.1, -0.05) is 29.0 Å². The van der Waals surface area contributed by atoms with E-state index in [-0.39, 0.29) is 24.5 Å². The molecule has 170 valence electrons. The minimum atomic E-state index is -0.401. The summed E-state index contributed by atoms with van der Waals surface area (Å²) in [6, 6.07) is 7.12. The monoisotopic (exact) mass is 455 g/mol. The van der Waals surface area contributed by atoms with Gasteiger partial charge in [0.05, 0.1) is 18.2 Å². The second kappa shape index (κ2) is 8.63. The van der Waals surface area contributed by atoms with Crippen LogP contribution in [0.2, 0.25) is 0 Å². The number of piperidine rings is 1. The summed E-state index contributed by atoms with van der Waals surface area (Å²) in [6.07, 6.45) is 2.69. The molecule has 3 heterocycles. The zero-order valence-electron chi connectivity index (χ0n) is 18.9. The Morgan fingerprint density at radius 2 is 1.94 bits per heavy atom. The Morgan fingerprint density at radius 3 is 2.59 bits per heavy atom. The lowest BCUT2D eigenvalue weighted by molar-refractivity contribution is 0.0497. The van der Waals surface area contributed by atoms with Crippen LogP contribution < -0.4 is 5.32 Å². The first-order valence-electron chi connectivity index (χ1n) is 10.9. The largest absolute Gasteiger partial charge is 0.394 e. The number of aliphatic hydroxyl groups is 1. The molecule has 2 aromatic heterocycles. The van der Waals surface area contributed by atoms with E-state index in [4.69, 9.17) is 0 Å². The van der Waals surface area contributed by atoms with Gasteiger partial charge >= 0.3 is 0 Å². The number of benzene rings is 1. The van der Waals surface area contributed by atoms with Crippen LogP contribution in [0.4, 0.5) is 5.13 Å². The van der Waals surface area contributed by atoms with Crippen LogP contribution in [0.15, 0.2) is 24.3 Å². The van der Waals surface area contributed by atoms with Crippen LogP contribution in [-0.4, -0.2) is 55.8 Å². The first-order valence-corrected chi connectivity index (χ1v) is 11.7. The van der Waals surface area contributed by atoms with Crippen molar-refractivity contribution in [3.8, 4) is 0 Å². The van der Waals surface area contributed by atoms with Gasteiger partial charge in [-0.3, -0.25) is 14.9 Å². The maximum absolute atomic E-state index is 13.4. The number of hydrogen-bond donors (Lipinski definition) is 2. The Labute approximate surface area is 191 Å². The van der Waals surface area contributed by atoms with Gasteiger partial charge in [0.2, 0.25) is 0 Å². The van der Waals surface area contributed by atoms with Crippen LogP contribution >= 0.6 is 11.3 Å². The van der Waals surface area contributed by atoms with E-state index in [1.807, 2.05) is 39.8 Å². The quantitative estimate of drug-likeness (QED) is 0.623. The highest BCUT2D eigenvalue weighted by Crippen LogP contribution is 2.34. The van der Waals surface area contributed by atoms with Crippen molar-refractivity contribution >= 4 is 38.6 Å². The normalized spacial score (nSPS) is 17.0. The van der Waals surface area contributed by atoms with Gasteiger partial charge in [0.25, 0.3) is 11.8 Å². The molecule has 1 aromatic carbocycles. The average Bonchev–Trinajstić information content (AvgIpc) is 3.31. The van der Waals surface area contributed by atoms with Crippen molar-refractivity contribution in [2.24, 2.45) is 0 Å². The first kappa shape index (κ1) is 22.4. The number of rotatable bonds is 4. The van der Waals surface area contributed by atoms with Crippen LogP contribution in [-0.2, 0) is 5.54 Å². The molecule has 0 bridgehead atoms. The summed E-state index contributed by atoms with van der Waals surface area (Å²) in [6.45, 7) is 8.49. The standard InChI is InChI=1S/C23H29N5O3S/c1-14-8-10-15(11-9-14)20(30)25-22-24-19-18(32-22)17(26-28(19)23(2,3)4)21(31)27-12-6-5-7-16(27)13-29/h8-11,16,29H,5-7,12-13H2,1-4H3,(H,24,25,30). The number of thiazole rings is 1. The van der Waals surface area contributed by atoms with Gasteiger partial charge < -0.3 is 10.0 Å². The molecular weight excluding hydrogens is 426 g/mol. The highest BCUT2D eigenvalue weighted by Gasteiger charge is 2.33. The number of hydrogen-bond acceptors (Lipinski definition) is 6. The van der Waals surface area contributed by atoms with E-state index >= 15 is 0 Å². The number of carbonyl (C=O) groups excluding carboxylic acids is 2. The lowest BCUT2D eigenvalue weighted by Crippen LogP contribution is -2.45. The van der Waals surface area contributed by atoms with E-state index in [1.165, 1.54) is 11.3 Å². The van der Waals surface area contributed by atoms with Crippen molar-refractivity contribution in [1.82, 2.24) is 19.7 Å². The SMILES string of the molecule is Cc1ccc(C(=O)Nc2nc3c(s2)c(C(=O)N2CCCCC2CO)nn3C(C)(C)C)cc1. The van der Waals surface area contributed by atoms with Crippen molar-refractivity contribution in [1.29, 1.82) is 0 Å². The van der Waals surface area contributed by atoms with Gasteiger partial charge in [-0.05, 0) is 59.1 Å². The molecule has 4 rings (SSSR count). The first-order chi connectivity index (χ1) is 15.2. The van der Waals surface area contributed by atoms with E-state index in [9.17, 15) is 14.7 Å². The number of fused-ring (bicyclic) bond motifs is 1. The molecule has 8 nitrogen and oxygen atoms in total. The average molecular weight is 456 g/mol. The summed E-state index contributed by atoms with van der Waals surface area (Å²) in [5.41, 5.74) is 2.12. The number of anilines is 1. The molecule has 2 N–H and O–H groups in total. The molecular formula is C23H29N5O3S. The minimum absolute atomic E-state index is 0.0601. The van der Waals surface area contributed by atoms with Gasteiger partial charge in [0, 0.05) is 12.1 Å². The topological polar surface area (TPSA) is 100 Å². The second-order valence-electron chi connectivity index (χ2n) is 9.25. The summed E-state index contributed by atoms with van der Waals surface area (Å²) in [5.74, 6) is -0.447. The minimum Gasteiger partial charge on any atom is -0.394 e. The predicted octanol–water partition coefficient (Wildman–Crippen LogP) is 3.80. The van der Waals surface area contributed by atoms with E-state index in [2.05, 4.69) is 15.4 Å². The molecule has 9 heteroatoms. The zero-order chi connectivity index (χ0) is 23.0. The van der Waals surface area contributed by atoms with Gasteiger partial charge in [-0.2, -0.15) is 10.1 Å². The van der Waals surface area contributed by atoms with Gasteiger partial charge in [-0.25, -0.2) is 4.68 Å². The predicted molar refractivity (Wildman–Crippen MR) is 125 cm³/mol. The lowest BCUT2D eigenvalue weighted by Gasteiger charge is -2.34. The summed E-state index contributed by atoms with van der Waals surface area (Å²) < 4.78 is 2.39. The molecule has 32 heavy (non-hydrogen) atoms. The molecule has 1 aliphatic rings. The van der Waals surface area contributed by atoms with Gasteiger partial charge in [0.15, 0.2) is 16.5 Å². The van der Waals surface area contributed by atoms with Crippen LogP contribution in [0.3, 0.4) is 0 Å². The van der Waals surface area contributed by atoms with E-state index in [0.29, 0.717) is 33.3 Å². The molecule has 3 aromatic rings. The van der Waals surface area contributed by atoms with E-state index < -0.39 is 5.54 Å².